The Hall–Kier alpha value is 0.499. The standard InChI is InChI=1S/C4H3S.3C2H5.Sn/c1-2-4-5-3-1;3*1-2;/h1-3H;3*1H2,2H3;. The van der Waals surface area contributed by atoms with Crippen molar-refractivity contribution in [2.24, 2.45) is 0 Å². The van der Waals surface area contributed by atoms with Gasteiger partial charge in [-0.2, -0.15) is 0 Å². The fourth-order valence-electron chi connectivity index (χ4n) is 1.85. The summed E-state index contributed by atoms with van der Waals surface area (Å²) in [6.45, 7) is 7.18. The van der Waals surface area contributed by atoms with E-state index in [0.717, 1.165) is 0 Å². The summed E-state index contributed by atoms with van der Waals surface area (Å²) in [5.74, 6) is 0. The number of thiophene rings is 1. The van der Waals surface area contributed by atoms with Gasteiger partial charge < -0.3 is 0 Å². The van der Waals surface area contributed by atoms with Crippen molar-refractivity contribution in [1.29, 1.82) is 0 Å². The monoisotopic (exact) mass is 290 g/mol. The summed E-state index contributed by atoms with van der Waals surface area (Å²) in [7, 11) is 0. The van der Waals surface area contributed by atoms with E-state index in [9.17, 15) is 0 Å². The van der Waals surface area contributed by atoms with Gasteiger partial charge in [-0.3, -0.25) is 0 Å². The van der Waals surface area contributed by atoms with E-state index in [-0.39, 0.29) is 0 Å². The number of hydrogen-bond donors (Lipinski definition) is 0. The fraction of sp³-hybridized carbons (Fsp3) is 0.600. The molecular formula is C10H18SSn. The molecule has 0 spiro atoms. The van der Waals surface area contributed by atoms with Crippen LogP contribution in [0.4, 0.5) is 0 Å². The summed E-state index contributed by atoms with van der Waals surface area (Å²) in [5, 5.41) is 2.24. The van der Waals surface area contributed by atoms with Crippen LogP contribution in [0.15, 0.2) is 17.5 Å². The summed E-state index contributed by atoms with van der Waals surface area (Å²) in [5.41, 5.74) is 0. The molecule has 0 saturated carbocycles. The van der Waals surface area contributed by atoms with E-state index < -0.39 is 18.4 Å². The van der Waals surface area contributed by atoms with Gasteiger partial charge >= 0.3 is 84.2 Å². The quantitative estimate of drug-likeness (QED) is 0.745. The van der Waals surface area contributed by atoms with E-state index in [4.69, 9.17) is 0 Å². The molecule has 0 N–H and O–H groups in total. The van der Waals surface area contributed by atoms with Crippen molar-refractivity contribution in [3.05, 3.63) is 17.5 Å². The van der Waals surface area contributed by atoms with Gasteiger partial charge in [-0.25, -0.2) is 0 Å². The molecule has 0 unspecified atom stereocenters. The van der Waals surface area contributed by atoms with Gasteiger partial charge in [-0.1, -0.05) is 0 Å². The molecule has 0 bridgehead atoms. The van der Waals surface area contributed by atoms with E-state index >= 15 is 0 Å². The van der Waals surface area contributed by atoms with Crippen LogP contribution in [-0.2, 0) is 0 Å². The zero-order valence-corrected chi connectivity index (χ0v) is 11.9. The van der Waals surface area contributed by atoms with E-state index in [2.05, 4.69) is 38.3 Å². The Morgan fingerprint density at radius 3 is 2.08 bits per heavy atom. The van der Waals surface area contributed by atoms with Crippen LogP contribution in [0.3, 0.4) is 0 Å². The Balaban J connectivity index is 2.93. The summed E-state index contributed by atoms with van der Waals surface area (Å²) in [6.07, 6.45) is 0. The molecule has 68 valence electrons. The van der Waals surface area contributed by atoms with Gasteiger partial charge in [-0.05, 0) is 0 Å². The van der Waals surface area contributed by atoms with Crippen molar-refractivity contribution in [2.75, 3.05) is 0 Å². The summed E-state index contributed by atoms with van der Waals surface area (Å²) in [6, 6.07) is 4.59. The van der Waals surface area contributed by atoms with Crippen LogP contribution in [0.5, 0.6) is 0 Å². The molecule has 2 heteroatoms. The van der Waals surface area contributed by atoms with Gasteiger partial charge in [-0.15, -0.1) is 0 Å². The zero-order chi connectivity index (χ0) is 9.03. The average molecular weight is 289 g/mol. The first-order valence-corrected chi connectivity index (χ1v) is 13.2. The van der Waals surface area contributed by atoms with Gasteiger partial charge in [0.05, 0.1) is 0 Å². The Labute approximate surface area is 83.9 Å². The van der Waals surface area contributed by atoms with E-state index in [1.807, 2.05) is 11.3 Å². The van der Waals surface area contributed by atoms with Gasteiger partial charge in [0.1, 0.15) is 0 Å². The molecule has 0 amide bonds. The molecule has 1 rings (SSSR count). The van der Waals surface area contributed by atoms with Crippen LogP contribution >= 0.6 is 11.3 Å². The van der Waals surface area contributed by atoms with Crippen molar-refractivity contribution in [3.8, 4) is 0 Å². The third kappa shape index (κ3) is 1.87. The predicted octanol–water partition coefficient (Wildman–Crippen LogP) is 3.46. The molecule has 12 heavy (non-hydrogen) atoms. The third-order valence-corrected chi connectivity index (χ3v) is 22.7. The SMILES string of the molecule is C[CH2][Sn]([CH2]C)([CH2]C)[c]1cccs1. The van der Waals surface area contributed by atoms with Gasteiger partial charge in [0.15, 0.2) is 0 Å². The second-order valence-corrected chi connectivity index (χ2v) is 20.2. The molecule has 0 saturated heterocycles. The minimum atomic E-state index is -1.79. The average Bonchev–Trinajstić information content (AvgIpc) is 2.62. The van der Waals surface area contributed by atoms with E-state index in [1.54, 1.807) is 2.89 Å². The molecule has 0 aliphatic rings. The molecule has 0 nitrogen and oxygen atoms in total. The maximum absolute atomic E-state index is 2.39. The Morgan fingerprint density at radius 2 is 1.75 bits per heavy atom. The van der Waals surface area contributed by atoms with Gasteiger partial charge in [0.2, 0.25) is 0 Å². The normalized spacial score (nSPS) is 11.9. The Bertz CT molecular complexity index is 203. The zero-order valence-electron chi connectivity index (χ0n) is 8.26. The number of hydrogen-bond acceptors (Lipinski definition) is 1. The molecule has 0 aromatic carbocycles. The Kier molecular flexibility index (Phi) is 4.10. The van der Waals surface area contributed by atoms with Crippen LogP contribution in [-0.4, -0.2) is 18.4 Å². The minimum absolute atomic E-state index is 1.47. The van der Waals surface area contributed by atoms with Crippen molar-refractivity contribution in [2.45, 2.75) is 34.1 Å². The van der Waals surface area contributed by atoms with Crippen molar-refractivity contribution < 1.29 is 0 Å². The molecule has 0 aliphatic heterocycles. The fourth-order valence-corrected chi connectivity index (χ4v) is 16.7. The third-order valence-electron chi connectivity index (χ3n) is 3.07. The van der Waals surface area contributed by atoms with Crippen LogP contribution < -0.4 is 2.89 Å². The van der Waals surface area contributed by atoms with Crippen LogP contribution in [0.1, 0.15) is 20.8 Å². The van der Waals surface area contributed by atoms with Crippen LogP contribution in [0, 0.1) is 0 Å². The number of rotatable bonds is 4. The molecule has 0 fully saturated rings. The van der Waals surface area contributed by atoms with Crippen molar-refractivity contribution >= 4 is 32.6 Å². The van der Waals surface area contributed by atoms with Crippen LogP contribution in [0.2, 0.25) is 13.3 Å². The predicted molar refractivity (Wildman–Crippen MR) is 61.2 cm³/mol. The second kappa shape index (κ2) is 4.66. The van der Waals surface area contributed by atoms with Crippen molar-refractivity contribution in [1.82, 2.24) is 0 Å². The van der Waals surface area contributed by atoms with E-state index in [0.29, 0.717) is 0 Å². The van der Waals surface area contributed by atoms with E-state index in [1.165, 1.54) is 13.3 Å². The summed E-state index contributed by atoms with van der Waals surface area (Å²) in [4.78, 5) is 0. The molecule has 1 aromatic heterocycles. The molecule has 0 aliphatic carbocycles. The molecule has 1 aromatic rings. The first kappa shape index (κ1) is 10.6. The molecule has 1 heterocycles. The molecular weight excluding hydrogens is 271 g/mol. The molecule has 0 atom stereocenters. The molecule has 0 radical (unpaired) electrons. The van der Waals surface area contributed by atoms with Crippen LogP contribution in [0.25, 0.3) is 0 Å². The van der Waals surface area contributed by atoms with Crippen molar-refractivity contribution in [3.63, 3.8) is 0 Å². The second-order valence-electron chi connectivity index (χ2n) is 3.32. The summed E-state index contributed by atoms with van der Waals surface area (Å²) >= 11 is 0.212. The maximum atomic E-state index is 2.39. The first-order chi connectivity index (χ1) is 5.79. The van der Waals surface area contributed by atoms with Gasteiger partial charge in [0, 0.05) is 0 Å². The summed E-state index contributed by atoms with van der Waals surface area (Å²) < 4.78 is 6.20. The topological polar surface area (TPSA) is 0 Å². The first-order valence-electron chi connectivity index (χ1n) is 4.83. The Morgan fingerprint density at radius 1 is 1.17 bits per heavy atom. The van der Waals surface area contributed by atoms with Gasteiger partial charge in [0.25, 0.3) is 0 Å².